The fourth-order valence-electron chi connectivity index (χ4n) is 0.946. The molecule has 0 saturated heterocycles. The summed E-state index contributed by atoms with van der Waals surface area (Å²) in [5.41, 5.74) is 1.03. The molecule has 3 nitrogen and oxygen atoms in total. The maximum absolute atomic E-state index is 12.4. The largest absolute Gasteiger partial charge is 0.470 e. The van der Waals surface area contributed by atoms with Crippen molar-refractivity contribution in [1.29, 1.82) is 0 Å². The van der Waals surface area contributed by atoms with E-state index in [4.69, 9.17) is 0 Å². The first-order valence-corrected chi connectivity index (χ1v) is 4.91. The van der Waals surface area contributed by atoms with Crippen molar-refractivity contribution >= 4 is 13.7 Å². The van der Waals surface area contributed by atoms with Gasteiger partial charge in [-0.2, -0.15) is 18.7 Å². The molecule has 0 rings (SSSR count). The van der Waals surface area contributed by atoms with Crippen molar-refractivity contribution in [2.45, 2.75) is 31.9 Å². The molecule has 7 heteroatoms. The number of allylic oxidation sites excluding steroid dienone is 1. The quantitative estimate of drug-likeness (QED) is 0.263. The molecule has 0 aromatic rings. The van der Waals surface area contributed by atoms with E-state index >= 15 is 0 Å². The molecule has 0 aliphatic rings. The normalized spacial score (nSPS) is 17.5. The van der Waals surface area contributed by atoms with E-state index in [0.29, 0.717) is 0 Å². The Labute approximate surface area is 94.1 Å². The summed E-state index contributed by atoms with van der Waals surface area (Å²) in [6.07, 6.45) is -0.484. The number of rotatable bonds is 4. The highest BCUT2D eigenvalue weighted by atomic mass is 19.4. The summed E-state index contributed by atoms with van der Waals surface area (Å²) in [5, 5.41) is 0. The van der Waals surface area contributed by atoms with Crippen molar-refractivity contribution in [3.63, 3.8) is 0 Å². The van der Waals surface area contributed by atoms with Crippen LogP contribution in [-0.2, 0) is 4.84 Å². The molecular formula is C9H16BF3N2O. The Balaban J connectivity index is 4.97. The van der Waals surface area contributed by atoms with Gasteiger partial charge < -0.3 is 4.84 Å². The van der Waals surface area contributed by atoms with E-state index in [1.54, 1.807) is 26.9 Å². The molecule has 0 aliphatic carbocycles. The second kappa shape index (κ2) is 5.93. The minimum Gasteiger partial charge on any atom is -0.384 e. The zero-order chi connectivity index (χ0) is 12.8. The lowest BCUT2D eigenvalue weighted by Gasteiger charge is -2.18. The Morgan fingerprint density at radius 2 is 2.06 bits per heavy atom. The van der Waals surface area contributed by atoms with Crippen LogP contribution in [0.4, 0.5) is 13.2 Å². The zero-order valence-electron chi connectivity index (χ0n) is 9.85. The average molecular weight is 236 g/mol. The molecule has 0 saturated carbocycles. The number of hydroxylamine groups is 1. The zero-order valence-corrected chi connectivity index (χ0v) is 9.85. The van der Waals surface area contributed by atoms with Gasteiger partial charge in [0, 0.05) is 12.5 Å². The fourth-order valence-corrected chi connectivity index (χ4v) is 0.946. The Kier molecular flexibility index (Phi) is 5.57. The highest BCUT2D eigenvalue weighted by Gasteiger charge is 2.40. The van der Waals surface area contributed by atoms with E-state index in [9.17, 15) is 13.2 Å². The summed E-state index contributed by atoms with van der Waals surface area (Å²) in [5.74, 6) is -1.28. The van der Waals surface area contributed by atoms with Crippen molar-refractivity contribution in [1.82, 2.24) is 5.48 Å². The third-order valence-electron chi connectivity index (χ3n) is 1.59. The van der Waals surface area contributed by atoms with E-state index in [1.165, 1.54) is 7.05 Å². The Morgan fingerprint density at radius 1 is 1.50 bits per heavy atom. The lowest BCUT2D eigenvalue weighted by Crippen LogP contribution is -2.34. The van der Waals surface area contributed by atoms with Crippen molar-refractivity contribution < 1.29 is 18.0 Å². The first kappa shape index (κ1) is 15.0. The lowest BCUT2D eigenvalue weighted by molar-refractivity contribution is -0.0843. The van der Waals surface area contributed by atoms with Crippen LogP contribution in [-0.4, -0.2) is 32.4 Å². The van der Waals surface area contributed by atoms with E-state index in [1.807, 2.05) is 12.4 Å². The molecule has 1 unspecified atom stereocenters. The van der Waals surface area contributed by atoms with Crippen LogP contribution in [0.2, 0.25) is 0 Å². The van der Waals surface area contributed by atoms with Gasteiger partial charge in [0.15, 0.2) is 0 Å². The molecule has 0 aliphatic heterocycles. The monoisotopic (exact) mass is 236 g/mol. The van der Waals surface area contributed by atoms with Crippen LogP contribution in [0.25, 0.3) is 0 Å². The van der Waals surface area contributed by atoms with Gasteiger partial charge in [-0.3, -0.25) is 0 Å². The molecule has 0 amide bonds. The third-order valence-corrected chi connectivity index (χ3v) is 1.59. The van der Waals surface area contributed by atoms with Gasteiger partial charge >= 0.3 is 12.1 Å². The van der Waals surface area contributed by atoms with Crippen molar-refractivity contribution in [2.75, 3.05) is 7.05 Å². The Morgan fingerprint density at radius 3 is 2.44 bits per heavy atom. The summed E-state index contributed by atoms with van der Waals surface area (Å²) in [6, 6.07) is 0. The fraction of sp³-hybridized carbons (Fsp3) is 0.667. The summed E-state index contributed by atoms with van der Waals surface area (Å²) < 4.78 is 37.3. The van der Waals surface area contributed by atoms with Crippen LogP contribution in [0.15, 0.2) is 17.1 Å². The molecule has 1 atom stereocenters. The van der Waals surface area contributed by atoms with Crippen molar-refractivity contribution in [2.24, 2.45) is 4.99 Å². The molecular weight excluding hydrogens is 220 g/mol. The van der Waals surface area contributed by atoms with Gasteiger partial charge in [-0.1, -0.05) is 19.1 Å². The number of hydrogen-bond acceptors (Lipinski definition) is 3. The number of halogens is 3. The van der Waals surface area contributed by atoms with Crippen LogP contribution in [0.5, 0.6) is 0 Å². The average Bonchev–Trinajstić information content (AvgIpc) is 2.12. The number of aliphatic imine (C=N–C) groups is 1. The standard InChI is InChI=1S/C9H16BF3N2O/c1-4-5-6-8(2,10)15-7(16-14-3)9(11,12)13/h5-6,14H,4,10H2,1-3H3/b6-5-,15-7-. The molecule has 0 radical (unpaired) electrons. The third kappa shape index (κ3) is 5.80. The molecule has 92 valence electrons. The minimum atomic E-state index is -4.60. The van der Waals surface area contributed by atoms with Crippen LogP contribution in [0.1, 0.15) is 20.3 Å². The van der Waals surface area contributed by atoms with Gasteiger partial charge in [0.05, 0.1) is 0 Å². The van der Waals surface area contributed by atoms with Gasteiger partial charge in [-0.15, -0.1) is 0 Å². The summed E-state index contributed by atoms with van der Waals surface area (Å²) in [7, 11) is 2.82. The highest BCUT2D eigenvalue weighted by molar-refractivity contribution is 6.17. The molecule has 0 spiro atoms. The van der Waals surface area contributed by atoms with E-state index in [2.05, 4.69) is 9.83 Å². The van der Waals surface area contributed by atoms with Crippen molar-refractivity contribution in [3.05, 3.63) is 12.2 Å². The Hall–Kier alpha value is -0.975. The maximum Gasteiger partial charge on any atom is 0.470 e. The first-order chi connectivity index (χ1) is 7.23. The van der Waals surface area contributed by atoms with Crippen LogP contribution < -0.4 is 5.48 Å². The minimum absolute atomic E-state index is 0.743. The highest BCUT2D eigenvalue weighted by Crippen LogP contribution is 2.20. The van der Waals surface area contributed by atoms with E-state index in [-0.39, 0.29) is 0 Å². The second-order valence-electron chi connectivity index (χ2n) is 3.69. The number of nitrogens with zero attached hydrogens (tertiary/aromatic N) is 1. The SMILES string of the molecule is BC(C)(/C=C\CC)/N=C(\ONC)C(F)(F)F. The summed E-state index contributed by atoms with van der Waals surface area (Å²) in [4.78, 5) is 7.79. The van der Waals surface area contributed by atoms with Crippen LogP contribution in [0.3, 0.4) is 0 Å². The molecule has 0 aromatic heterocycles. The van der Waals surface area contributed by atoms with Gasteiger partial charge in [0.1, 0.15) is 7.85 Å². The molecule has 0 heterocycles. The molecule has 1 N–H and O–H groups in total. The second-order valence-corrected chi connectivity index (χ2v) is 3.69. The maximum atomic E-state index is 12.4. The number of alkyl halides is 3. The predicted octanol–water partition coefficient (Wildman–Crippen LogP) is 1.41. The van der Waals surface area contributed by atoms with Crippen LogP contribution >= 0.6 is 0 Å². The smallest absolute Gasteiger partial charge is 0.384 e. The molecule has 16 heavy (non-hydrogen) atoms. The molecule has 0 bridgehead atoms. The topological polar surface area (TPSA) is 33.6 Å². The van der Waals surface area contributed by atoms with Gasteiger partial charge in [-0.25, -0.2) is 4.99 Å². The van der Waals surface area contributed by atoms with Gasteiger partial charge in [-0.05, 0) is 13.3 Å². The van der Waals surface area contributed by atoms with Gasteiger partial charge in [0.2, 0.25) is 0 Å². The molecule has 0 aromatic carbocycles. The molecule has 0 fully saturated rings. The number of nitrogens with one attached hydrogen (secondary N) is 1. The van der Waals surface area contributed by atoms with E-state index < -0.39 is 17.5 Å². The Bertz CT molecular complexity index is 274. The van der Waals surface area contributed by atoms with E-state index in [0.717, 1.165) is 6.42 Å². The lowest BCUT2D eigenvalue weighted by atomic mass is 9.80. The van der Waals surface area contributed by atoms with Crippen LogP contribution in [0, 0.1) is 0 Å². The van der Waals surface area contributed by atoms with Crippen molar-refractivity contribution in [3.8, 4) is 0 Å². The first-order valence-electron chi connectivity index (χ1n) is 4.91. The van der Waals surface area contributed by atoms with Gasteiger partial charge in [0.25, 0.3) is 0 Å². The summed E-state index contributed by atoms with van der Waals surface area (Å²) in [6.45, 7) is 3.47. The predicted molar refractivity (Wildman–Crippen MR) is 60.0 cm³/mol. The summed E-state index contributed by atoms with van der Waals surface area (Å²) >= 11 is 0. The number of hydrogen-bond donors (Lipinski definition) is 1.